The van der Waals surface area contributed by atoms with Gasteiger partial charge in [0.1, 0.15) is 5.60 Å². The zero-order valence-corrected chi connectivity index (χ0v) is 13.6. The van der Waals surface area contributed by atoms with Gasteiger partial charge in [0.25, 0.3) is 5.91 Å². The smallest absolute Gasteiger partial charge is 0.422 e. The van der Waals surface area contributed by atoms with Gasteiger partial charge in [-0.15, -0.1) is 0 Å². The van der Waals surface area contributed by atoms with Crippen LogP contribution >= 0.6 is 0 Å². The van der Waals surface area contributed by atoms with Gasteiger partial charge >= 0.3 is 12.1 Å². The van der Waals surface area contributed by atoms with Crippen LogP contribution in [0.15, 0.2) is 30.3 Å². The molecule has 0 N–H and O–H groups in total. The van der Waals surface area contributed by atoms with E-state index in [-0.39, 0.29) is 12.2 Å². The molecule has 1 aliphatic rings. The van der Waals surface area contributed by atoms with E-state index in [2.05, 4.69) is 0 Å². The molecular formula is C17H19NO5. The average molecular weight is 317 g/mol. The molecule has 6 heteroatoms. The molecule has 0 aromatic heterocycles. The van der Waals surface area contributed by atoms with E-state index in [0.717, 1.165) is 11.0 Å². The number of esters is 1. The van der Waals surface area contributed by atoms with Crippen molar-refractivity contribution in [2.24, 2.45) is 0 Å². The second kappa shape index (κ2) is 6.24. The van der Waals surface area contributed by atoms with E-state index in [1.807, 2.05) is 0 Å². The molecule has 0 unspecified atom stereocenters. The number of para-hydroxylation sites is 1. The zero-order valence-electron chi connectivity index (χ0n) is 13.6. The van der Waals surface area contributed by atoms with Crippen molar-refractivity contribution in [2.45, 2.75) is 33.3 Å². The number of nitrogens with zero attached hydrogens (tertiary/aromatic N) is 1. The molecule has 0 spiro atoms. The Hall–Kier alpha value is -2.63. The molecule has 1 aromatic carbocycles. The quantitative estimate of drug-likeness (QED) is 0.619. The van der Waals surface area contributed by atoms with Crippen LogP contribution in [0.25, 0.3) is 5.57 Å². The molecule has 0 aliphatic carbocycles. The Kier molecular flexibility index (Phi) is 4.54. The molecule has 2 amide bonds. The van der Waals surface area contributed by atoms with Crippen molar-refractivity contribution < 1.29 is 23.9 Å². The summed E-state index contributed by atoms with van der Waals surface area (Å²) in [6.45, 7) is 7.02. The average Bonchev–Trinajstić information content (AvgIpc) is 2.70. The summed E-state index contributed by atoms with van der Waals surface area (Å²) in [4.78, 5) is 37.5. The SMILES string of the molecule is CCOC(=O)/C=C1/C(=O)N(C(=O)OC(C)(C)C)c2ccccc21. The molecule has 1 heterocycles. The monoisotopic (exact) mass is 317 g/mol. The molecule has 0 saturated carbocycles. The standard InChI is InChI=1S/C17H19NO5/c1-5-22-14(19)10-12-11-8-6-7-9-13(11)18(15(12)20)16(21)23-17(2,3)4/h6-10H,5H2,1-4H3/b12-10+. The van der Waals surface area contributed by atoms with Gasteiger partial charge in [-0.25, -0.2) is 14.5 Å². The Bertz CT molecular complexity index is 684. The third kappa shape index (κ3) is 3.59. The summed E-state index contributed by atoms with van der Waals surface area (Å²) in [5.41, 5.74) is 0.267. The Morgan fingerprint density at radius 2 is 1.87 bits per heavy atom. The highest BCUT2D eigenvalue weighted by atomic mass is 16.6. The first-order valence-corrected chi connectivity index (χ1v) is 7.30. The highest BCUT2D eigenvalue weighted by Gasteiger charge is 2.39. The number of imide groups is 1. The van der Waals surface area contributed by atoms with Gasteiger partial charge in [-0.05, 0) is 33.8 Å². The molecule has 1 aliphatic heterocycles. The third-order valence-corrected chi connectivity index (χ3v) is 2.99. The fourth-order valence-corrected chi connectivity index (χ4v) is 2.17. The van der Waals surface area contributed by atoms with Crippen LogP contribution in [-0.4, -0.2) is 30.2 Å². The van der Waals surface area contributed by atoms with Crippen LogP contribution in [0, 0.1) is 0 Å². The van der Waals surface area contributed by atoms with Crippen molar-refractivity contribution in [2.75, 3.05) is 11.5 Å². The molecular weight excluding hydrogens is 298 g/mol. The lowest BCUT2D eigenvalue weighted by Gasteiger charge is -2.23. The largest absolute Gasteiger partial charge is 0.463 e. The maximum Gasteiger partial charge on any atom is 0.422 e. The number of fused-ring (bicyclic) bond motifs is 1. The van der Waals surface area contributed by atoms with Crippen molar-refractivity contribution >= 4 is 29.2 Å². The summed E-state index contributed by atoms with van der Waals surface area (Å²) in [6, 6.07) is 6.73. The molecule has 0 fully saturated rings. The fraction of sp³-hybridized carbons (Fsp3) is 0.353. The minimum absolute atomic E-state index is 0.116. The van der Waals surface area contributed by atoms with Gasteiger partial charge in [-0.3, -0.25) is 4.79 Å². The lowest BCUT2D eigenvalue weighted by molar-refractivity contribution is -0.137. The lowest BCUT2D eigenvalue weighted by Crippen LogP contribution is -2.38. The zero-order chi connectivity index (χ0) is 17.2. The van der Waals surface area contributed by atoms with E-state index in [9.17, 15) is 14.4 Å². The number of ether oxygens (including phenoxy) is 2. The van der Waals surface area contributed by atoms with Crippen LogP contribution in [0.3, 0.4) is 0 Å². The van der Waals surface area contributed by atoms with Crippen LogP contribution < -0.4 is 4.90 Å². The maximum absolute atomic E-state index is 12.6. The van der Waals surface area contributed by atoms with Crippen molar-refractivity contribution in [1.29, 1.82) is 0 Å². The van der Waals surface area contributed by atoms with Gasteiger partial charge in [0.15, 0.2) is 0 Å². The minimum atomic E-state index is -0.776. The van der Waals surface area contributed by atoms with E-state index in [4.69, 9.17) is 9.47 Å². The van der Waals surface area contributed by atoms with E-state index < -0.39 is 23.6 Å². The molecule has 6 nitrogen and oxygen atoms in total. The molecule has 2 rings (SSSR count). The van der Waals surface area contributed by atoms with Gasteiger partial charge in [-0.1, -0.05) is 18.2 Å². The van der Waals surface area contributed by atoms with Gasteiger partial charge in [0.2, 0.25) is 0 Å². The van der Waals surface area contributed by atoms with Crippen molar-refractivity contribution in [3.05, 3.63) is 35.9 Å². The summed E-state index contributed by atoms with van der Waals surface area (Å²) in [5.74, 6) is -1.23. The first-order valence-electron chi connectivity index (χ1n) is 7.30. The van der Waals surface area contributed by atoms with Crippen LogP contribution in [0.4, 0.5) is 10.5 Å². The number of benzene rings is 1. The predicted molar refractivity (Wildman–Crippen MR) is 84.8 cm³/mol. The van der Waals surface area contributed by atoms with Crippen LogP contribution in [0.2, 0.25) is 0 Å². The maximum atomic E-state index is 12.6. The third-order valence-electron chi connectivity index (χ3n) is 2.99. The van der Waals surface area contributed by atoms with E-state index in [1.165, 1.54) is 0 Å². The Morgan fingerprint density at radius 1 is 1.22 bits per heavy atom. The molecule has 23 heavy (non-hydrogen) atoms. The first kappa shape index (κ1) is 16.7. The van der Waals surface area contributed by atoms with Gasteiger partial charge in [0, 0.05) is 11.6 Å². The summed E-state index contributed by atoms with van der Waals surface area (Å²) < 4.78 is 10.1. The van der Waals surface area contributed by atoms with E-state index in [0.29, 0.717) is 11.3 Å². The normalized spacial score (nSPS) is 15.6. The van der Waals surface area contributed by atoms with E-state index in [1.54, 1.807) is 52.0 Å². The van der Waals surface area contributed by atoms with Crippen molar-refractivity contribution in [3.8, 4) is 0 Å². The number of hydrogen-bond donors (Lipinski definition) is 0. The second-order valence-electron chi connectivity index (χ2n) is 5.95. The number of carbonyl (C=O) groups is 3. The second-order valence-corrected chi connectivity index (χ2v) is 5.95. The molecule has 122 valence electrons. The van der Waals surface area contributed by atoms with Gasteiger partial charge in [0.05, 0.1) is 17.9 Å². The Morgan fingerprint density at radius 3 is 2.48 bits per heavy atom. The minimum Gasteiger partial charge on any atom is -0.463 e. The highest BCUT2D eigenvalue weighted by Crippen LogP contribution is 2.37. The first-order chi connectivity index (χ1) is 10.7. The number of anilines is 1. The number of rotatable bonds is 2. The Labute approximate surface area is 134 Å². The number of hydrogen-bond acceptors (Lipinski definition) is 5. The van der Waals surface area contributed by atoms with Crippen LogP contribution in [-0.2, 0) is 19.1 Å². The van der Waals surface area contributed by atoms with Crippen LogP contribution in [0.1, 0.15) is 33.3 Å². The summed E-state index contributed by atoms with van der Waals surface area (Å²) in [7, 11) is 0. The predicted octanol–water partition coefficient (Wildman–Crippen LogP) is 2.91. The molecule has 1 aromatic rings. The van der Waals surface area contributed by atoms with Crippen molar-refractivity contribution in [3.63, 3.8) is 0 Å². The Balaban J connectivity index is 2.42. The van der Waals surface area contributed by atoms with Gasteiger partial charge < -0.3 is 9.47 Å². The van der Waals surface area contributed by atoms with Gasteiger partial charge in [-0.2, -0.15) is 0 Å². The summed E-state index contributed by atoms with van der Waals surface area (Å²) in [6.07, 6.45) is 0.330. The fourth-order valence-electron chi connectivity index (χ4n) is 2.17. The number of carbonyl (C=O) groups excluding carboxylic acids is 3. The molecule has 0 saturated heterocycles. The molecule has 0 bridgehead atoms. The molecule has 0 radical (unpaired) electrons. The summed E-state index contributed by atoms with van der Waals surface area (Å²) >= 11 is 0. The lowest BCUT2D eigenvalue weighted by atomic mass is 10.1. The van der Waals surface area contributed by atoms with Crippen molar-refractivity contribution in [1.82, 2.24) is 0 Å². The van der Waals surface area contributed by atoms with E-state index >= 15 is 0 Å². The van der Waals surface area contributed by atoms with Crippen LogP contribution in [0.5, 0.6) is 0 Å². The molecule has 0 atom stereocenters. The summed E-state index contributed by atoms with van der Waals surface area (Å²) in [5, 5.41) is 0. The number of amides is 2. The highest BCUT2D eigenvalue weighted by molar-refractivity contribution is 6.40. The topological polar surface area (TPSA) is 72.9 Å².